The zero-order chi connectivity index (χ0) is 11.8. The Balaban J connectivity index is 2.21. The number of fused-ring (bicyclic) bond motifs is 3. The Morgan fingerprint density at radius 2 is 2.35 bits per heavy atom. The maximum absolute atomic E-state index is 5.75. The smallest absolute Gasteiger partial charge is 0.128 e. The molecule has 0 spiro atoms. The van der Waals surface area contributed by atoms with Crippen LogP contribution in [0.1, 0.15) is 15.4 Å². The average Bonchev–Trinajstić information content (AvgIpc) is 2.67. The third kappa shape index (κ3) is 1.83. The van der Waals surface area contributed by atoms with Gasteiger partial charge in [-0.05, 0) is 19.1 Å². The second kappa shape index (κ2) is 4.13. The molecule has 88 valence electrons. The number of thiazole rings is 1. The summed E-state index contributed by atoms with van der Waals surface area (Å²) in [6.45, 7) is 3.32. The van der Waals surface area contributed by atoms with E-state index in [1.807, 2.05) is 6.07 Å². The molecule has 1 aliphatic rings. The second-order valence-electron chi connectivity index (χ2n) is 4.18. The summed E-state index contributed by atoms with van der Waals surface area (Å²) in [5.41, 5.74) is 9.06. The molecule has 3 nitrogen and oxygen atoms in total. The predicted molar refractivity (Wildman–Crippen MR) is 69.4 cm³/mol. The van der Waals surface area contributed by atoms with Crippen molar-refractivity contribution in [1.82, 2.24) is 4.98 Å². The summed E-state index contributed by atoms with van der Waals surface area (Å²) in [5, 5.41) is 1.00. The van der Waals surface area contributed by atoms with Crippen LogP contribution >= 0.6 is 11.3 Å². The van der Waals surface area contributed by atoms with Gasteiger partial charge in [-0.2, -0.15) is 0 Å². The van der Waals surface area contributed by atoms with Gasteiger partial charge in [0.25, 0.3) is 0 Å². The minimum atomic E-state index is 0.514. The molecule has 0 unspecified atom stereocenters. The van der Waals surface area contributed by atoms with E-state index >= 15 is 0 Å². The van der Waals surface area contributed by atoms with Crippen LogP contribution in [0.3, 0.4) is 0 Å². The van der Waals surface area contributed by atoms with E-state index in [-0.39, 0.29) is 0 Å². The monoisotopic (exact) mass is 246 g/mol. The zero-order valence-electron chi connectivity index (χ0n) is 9.69. The molecule has 0 saturated carbocycles. The largest absolute Gasteiger partial charge is 0.493 e. The molecule has 17 heavy (non-hydrogen) atoms. The lowest BCUT2D eigenvalue weighted by atomic mass is 10.1. The summed E-state index contributed by atoms with van der Waals surface area (Å²) >= 11 is 1.70. The SMILES string of the molecule is Cc1ccc2c(c1)-c1nc(CN)sc1CCO2. The van der Waals surface area contributed by atoms with Gasteiger partial charge < -0.3 is 10.5 Å². The maximum Gasteiger partial charge on any atom is 0.128 e. The first-order chi connectivity index (χ1) is 8.28. The summed E-state index contributed by atoms with van der Waals surface area (Å²) < 4.78 is 5.75. The summed E-state index contributed by atoms with van der Waals surface area (Å²) in [6, 6.07) is 6.24. The van der Waals surface area contributed by atoms with Crippen LogP contribution in [0.25, 0.3) is 11.3 Å². The van der Waals surface area contributed by atoms with Gasteiger partial charge in [-0.25, -0.2) is 4.98 Å². The van der Waals surface area contributed by atoms with Crippen molar-refractivity contribution < 1.29 is 4.74 Å². The highest BCUT2D eigenvalue weighted by atomic mass is 32.1. The Hall–Kier alpha value is -1.39. The van der Waals surface area contributed by atoms with Crippen molar-refractivity contribution in [3.8, 4) is 17.0 Å². The minimum Gasteiger partial charge on any atom is -0.493 e. The Morgan fingerprint density at radius 1 is 1.47 bits per heavy atom. The van der Waals surface area contributed by atoms with E-state index in [9.17, 15) is 0 Å². The van der Waals surface area contributed by atoms with Crippen molar-refractivity contribution in [3.63, 3.8) is 0 Å². The van der Waals surface area contributed by atoms with Crippen LogP contribution in [0.5, 0.6) is 5.75 Å². The standard InChI is InChI=1S/C13H14N2OS/c1-8-2-3-10-9(6-8)13-11(4-5-16-10)17-12(7-14)15-13/h2-3,6H,4-5,7,14H2,1H3. The van der Waals surface area contributed by atoms with E-state index < -0.39 is 0 Å². The number of hydrogen-bond donors (Lipinski definition) is 1. The van der Waals surface area contributed by atoms with E-state index in [1.54, 1.807) is 11.3 Å². The van der Waals surface area contributed by atoms with Crippen LogP contribution in [0.2, 0.25) is 0 Å². The van der Waals surface area contributed by atoms with E-state index in [2.05, 4.69) is 24.0 Å². The number of benzene rings is 1. The van der Waals surface area contributed by atoms with Gasteiger partial charge in [0.2, 0.25) is 0 Å². The lowest BCUT2D eigenvalue weighted by molar-refractivity contribution is 0.327. The quantitative estimate of drug-likeness (QED) is 0.841. The first-order valence-electron chi connectivity index (χ1n) is 5.70. The van der Waals surface area contributed by atoms with Crippen molar-refractivity contribution in [2.45, 2.75) is 19.9 Å². The fourth-order valence-electron chi connectivity index (χ4n) is 2.08. The fraction of sp³-hybridized carbons (Fsp3) is 0.308. The molecule has 2 N–H and O–H groups in total. The lowest BCUT2D eigenvalue weighted by Gasteiger charge is -2.07. The third-order valence-corrected chi connectivity index (χ3v) is 4.03. The molecule has 0 amide bonds. The van der Waals surface area contributed by atoms with Crippen LogP contribution in [0, 0.1) is 6.92 Å². The van der Waals surface area contributed by atoms with E-state index in [0.29, 0.717) is 6.54 Å². The molecule has 1 aliphatic heterocycles. The highest BCUT2D eigenvalue weighted by Crippen LogP contribution is 2.37. The summed E-state index contributed by atoms with van der Waals surface area (Å²) in [7, 11) is 0. The van der Waals surface area contributed by atoms with Crippen LogP contribution in [-0.2, 0) is 13.0 Å². The molecule has 0 atom stereocenters. The number of nitrogens with zero attached hydrogens (tertiary/aromatic N) is 1. The van der Waals surface area contributed by atoms with E-state index in [4.69, 9.17) is 10.5 Å². The first kappa shape index (κ1) is 10.7. The molecule has 0 saturated heterocycles. The average molecular weight is 246 g/mol. The summed E-state index contributed by atoms with van der Waals surface area (Å²) in [4.78, 5) is 5.91. The van der Waals surface area contributed by atoms with Crippen molar-refractivity contribution in [2.24, 2.45) is 5.73 Å². The Kier molecular flexibility index (Phi) is 2.61. The van der Waals surface area contributed by atoms with Gasteiger partial charge in [-0.1, -0.05) is 11.6 Å². The predicted octanol–water partition coefficient (Wildman–Crippen LogP) is 2.51. The molecule has 3 rings (SSSR count). The number of rotatable bonds is 1. The number of aromatic nitrogens is 1. The number of aryl methyl sites for hydroxylation is 1. The number of nitrogens with two attached hydrogens (primary N) is 1. The van der Waals surface area contributed by atoms with Gasteiger partial charge in [0, 0.05) is 23.4 Å². The Bertz CT molecular complexity index is 563. The highest BCUT2D eigenvalue weighted by molar-refractivity contribution is 7.12. The molecule has 0 aliphatic carbocycles. The van der Waals surface area contributed by atoms with E-state index in [1.165, 1.54) is 10.4 Å². The van der Waals surface area contributed by atoms with Gasteiger partial charge in [0.1, 0.15) is 10.8 Å². The molecule has 2 aromatic rings. The first-order valence-corrected chi connectivity index (χ1v) is 6.52. The van der Waals surface area contributed by atoms with Gasteiger partial charge in [-0.3, -0.25) is 0 Å². The molecule has 0 bridgehead atoms. The van der Waals surface area contributed by atoms with Gasteiger partial charge in [0.05, 0.1) is 12.3 Å². The molecular formula is C13H14N2OS. The van der Waals surface area contributed by atoms with E-state index in [0.717, 1.165) is 35.0 Å². The number of ether oxygens (including phenoxy) is 1. The normalized spacial score (nSPS) is 13.5. The van der Waals surface area contributed by atoms with Gasteiger partial charge in [0.15, 0.2) is 0 Å². The second-order valence-corrected chi connectivity index (χ2v) is 5.35. The molecule has 0 fully saturated rings. The fourth-order valence-corrected chi connectivity index (χ4v) is 3.02. The van der Waals surface area contributed by atoms with Gasteiger partial charge >= 0.3 is 0 Å². The number of hydrogen-bond acceptors (Lipinski definition) is 4. The van der Waals surface area contributed by atoms with Crippen LogP contribution < -0.4 is 10.5 Å². The lowest BCUT2D eigenvalue weighted by Crippen LogP contribution is -1.98. The molecular weight excluding hydrogens is 232 g/mol. The van der Waals surface area contributed by atoms with Crippen molar-refractivity contribution in [3.05, 3.63) is 33.6 Å². The third-order valence-electron chi connectivity index (χ3n) is 2.89. The highest BCUT2D eigenvalue weighted by Gasteiger charge is 2.19. The molecule has 1 aromatic heterocycles. The van der Waals surface area contributed by atoms with Crippen LogP contribution in [0.15, 0.2) is 18.2 Å². The van der Waals surface area contributed by atoms with Crippen molar-refractivity contribution >= 4 is 11.3 Å². The molecule has 2 heterocycles. The van der Waals surface area contributed by atoms with Gasteiger partial charge in [-0.15, -0.1) is 11.3 Å². The van der Waals surface area contributed by atoms with Crippen molar-refractivity contribution in [2.75, 3.05) is 6.61 Å². The van der Waals surface area contributed by atoms with Crippen LogP contribution in [-0.4, -0.2) is 11.6 Å². The Morgan fingerprint density at radius 3 is 3.18 bits per heavy atom. The summed E-state index contributed by atoms with van der Waals surface area (Å²) in [5.74, 6) is 0.934. The molecule has 4 heteroatoms. The summed E-state index contributed by atoms with van der Waals surface area (Å²) in [6.07, 6.45) is 0.917. The minimum absolute atomic E-state index is 0.514. The van der Waals surface area contributed by atoms with Crippen LogP contribution in [0.4, 0.5) is 0 Å². The van der Waals surface area contributed by atoms with Crippen molar-refractivity contribution in [1.29, 1.82) is 0 Å². The zero-order valence-corrected chi connectivity index (χ0v) is 10.5. The Labute approximate surface area is 104 Å². The topological polar surface area (TPSA) is 48.1 Å². The maximum atomic E-state index is 5.75. The molecule has 0 radical (unpaired) electrons. The molecule has 1 aromatic carbocycles.